The Morgan fingerprint density at radius 2 is 1.67 bits per heavy atom. The fourth-order valence-corrected chi connectivity index (χ4v) is 2.99. The highest BCUT2D eigenvalue weighted by molar-refractivity contribution is 5.94. The van der Waals surface area contributed by atoms with Crippen LogP contribution in [0.15, 0.2) is 42.5 Å². The van der Waals surface area contributed by atoms with Crippen LogP contribution in [0.4, 0.5) is 0 Å². The topological polar surface area (TPSA) is 26.3 Å². The van der Waals surface area contributed by atoms with Crippen molar-refractivity contribution in [3.8, 4) is 0 Å². The Hall–Kier alpha value is -1.67. The molecule has 0 aromatic heterocycles. The van der Waals surface area contributed by atoms with E-state index >= 15 is 0 Å². The zero-order valence-electron chi connectivity index (χ0n) is 13.2. The molecule has 0 amide bonds. The van der Waals surface area contributed by atoms with Crippen LogP contribution in [0.25, 0.3) is 10.8 Å². The maximum atomic E-state index is 12.8. The van der Waals surface area contributed by atoms with Crippen LogP contribution in [0.2, 0.25) is 0 Å². The number of Topliss-reactive ketones (excluding diaryl/α,β-unsaturated/α-hetero) is 1. The molecule has 0 unspecified atom stereocenters. The number of carbonyl (C=O) groups is 1. The molecular formula is C19H24O2. The molecule has 2 nitrogen and oxygen atoms in total. The summed E-state index contributed by atoms with van der Waals surface area (Å²) in [4.78, 5) is 12.8. The molecule has 2 heteroatoms. The summed E-state index contributed by atoms with van der Waals surface area (Å²) in [5, 5.41) is 2.34. The number of hydrogen-bond donors (Lipinski definition) is 0. The van der Waals surface area contributed by atoms with Crippen molar-refractivity contribution in [3.05, 3.63) is 48.0 Å². The van der Waals surface area contributed by atoms with Crippen molar-refractivity contribution in [2.24, 2.45) is 0 Å². The minimum Gasteiger partial charge on any atom is -0.368 e. The standard InChI is InChI=1S/C19H24O2/c1-4-19(5-2,21-6-3)18(20)14-16-12-9-11-15-10-7-8-13-17(15)16/h7-13H,4-6,14H2,1-3H3. The average molecular weight is 284 g/mol. The summed E-state index contributed by atoms with van der Waals surface area (Å²) in [5.74, 6) is 0.186. The van der Waals surface area contributed by atoms with E-state index in [4.69, 9.17) is 4.74 Å². The molecule has 0 bridgehead atoms. The molecule has 2 aromatic rings. The molecule has 0 aliphatic rings. The van der Waals surface area contributed by atoms with E-state index in [-0.39, 0.29) is 5.78 Å². The van der Waals surface area contributed by atoms with Crippen molar-refractivity contribution in [1.29, 1.82) is 0 Å². The lowest BCUT2D eigenvalue weighted by Crippen LogP contribution is -2.41. The molecule has 2 aromatic carbocycles. The van der Waals surface area contributed by atoms with Crippen LogP contribution in [0, 0.1) is 0 Å². The van der Waals surface area contributed by atoms with E-state index in [1.165, 1.54) is 5.39 Å². The molecule has 0 atom stereocenters. The van der Waals surface area contributed by atoms with Gasteiger partial charge in [-0.2, -0.15) is 0 Å². The van der Waals surface area contributed by atoms with Crippen LogP contribution in [-0.4, -0.2) is 18.0 Å². The lowest BCUT2D eigenvalue weighted by atomic mass is 9.87. The van der Waals surface area contributed by atoms with E-state index in [0.29, 0.717) is 13.0 Å². The van der Waals surface area contributed by atoms with Gasteiger partial charge in [0, 0.05) is 13.0 Å². The Morgan fingerprint density at radius 3 is 2.33 bits per heavy atom. The second-order valence-electron chi connectivity index (χ2n) is 5.37. The van der Waals surface area contributed by atoms with Gasteiger partial charge in [-0.15, -0.1) is 0 Å². The second kappa shape index (κ2) is 6.86. The van der Waals surface area contributed by atoms with Crippen molar-refractivity contribution < 1.29 is 9.53 Å². The summed E-state index contributed by atoms with van der Waals surface area (Å²) in [6.07, 6.45) is 1.88. The van der Waals surface area contributed by atoms with Crippen LogP contribution in [0.3, 0.4) is 0 Å². The highest BCUT2D eigenvalue weighted by Gasteiger charge is 2.35. The summed E-state index contributed by atoms with van der Waals surface area (Å²) in [6.45, 7) is 6.58. The molecule has 0 aliphatic carbocycles. The van der Waals surface area contributed by atoms with Crippen LogP contribution in [-0.2, 0) is 16.0 Å². The molecule has 0 aliphatic heterocycles. The van der Waals surface area contributed by atoms with E-state index < -0.39 is 5.60 Å². The van der Waals surface area contributed by atoms with E-state index in [9.17, 15) is 4.79 Å². The Morgan fingerprint density at radius 1 is 1.00 bits per heavy atom. The van der Waals surface area contributed by atoms with Gasteiger partial charge in [-0.05, 0) is 36.1 Å². The number of ether oxygens (including phenoxy) is 1. The number of fused-ring (bicyclic) bond motifs is 1. The smallest absolute Gasteiger partial charge is 0.168 e. The van der Waals surface area contributed by atoms with E-state index in [1.807, 2.05) is 45.0 Å². The lowest BCUT2D eigenvalue weighted by Gasteiger charge is -2.30. The first-order valence-corrected chi connectivity index (χ1v) is 7.80. The van der Waals surface area contributed by atoms with Crippen molar-refractivity contribution in [3.63, 3.8) is 0 Å². The highest BCUT2D eigenvalue weighted by Crippen LogP contribution is 2.26. The largest absolute Gasteiger partial charge is 0.368 e. The zero-order chi connectivity index (χ0) is 15.3. The molecule has 2 rings (SSSR count). The minimum absolute atomic E-state index is 0.186. The maximum absolute atomic E-state index is 12.8. The highest BCUT2D eigenvalue weighted by atomic mass is 16.5. The van der Waals surface area contributed by atoms with Gasteiger partial charge < -0.3 is 4.74 Å². The van der Waals surface area contributed by atoms with Gasteiger partial charge in [0.05, 0.1) is 0 Å². The number of rotatable bonds is 7. The van der Waals surface area contributed by atoms with Crippen molar-refractivity contribution in [1.82, 2.24) is 0 Å². The number of hydrogen-bond acceptors (Lipinski definition) is 2. The maximum Gasteiger partial charge on any atom is 0.168 e. The van der Waals surface area contributed by atoms with Crippen molar-refractivity contribution in [2.75, 3.05) is 6.61 Å². The van der Waals surface area contributed by atoms with Gasteiger partial charge in [-0.25, -0.2) is 0 Å². The van der Waals surface area contributed by atoms with Crippen LogP contribution in [0.1, 0.15) is 39.2 Å². The number of ketones is 1. The van der Waals surface area contributed by atoms with Crippen molar-refractivity contribution >= 4 is 16.6 Å². The first-order valence-electron chi connectivity index (χ1n) is 7.80. The van der Waals surface area contributed by atoms with Gasteiger partial charge in [-0.3, -0.25) is 4.79 Å². The third-order valence-corrected chi connectivity index (χ3v) is 4.30. The van der Waals surface area contributed by atoms with Gasteiger partial charge in [0.2, 0.25) is 0 Å². The summed E-state index contributed by atoms with van der Waals surface area (Å²) >= 11 is 0. The molecule has 0 spiro atoms. The third kappa shape index (κ3) is 3.16. The van der Waals surface area contributed by atoms with E-state index in [0.717, 1.165) is 23.8 Å². The number of benzene rings is 2. The number of carbonyl (C=O) groups excluding carboxylic acids is 1. The summed E-state index contributed by atoms with van der Waals surface area (Å²) < 4.78 is 5.82. The predicted octanol–water partition coefficient (Wildman–Crippen LogP) is 4.55. The Balaban J connectivity index is 2.33. The fraction of sp³-hybridized carbons (Fsp3) is 0.421. The summed E-state index contributed by atoms with van der Waals surface area (Å²) in [6, 6.07) is 14.4. The zero-order valence-corrected chi connectivity index (χ0v) is 13.2. The lowest BCUT2D eigenvalue weighted by molar-refractivity contribution is -0.144. The van der Waals surface area contributed by atoms with Crippen LogP contribution in [0.5, 0.6) is 0 Å². The normalized spacial score (nSPS) is 11.8. The van der Waals surface area contributed by atoms with Crippen LogP contribution >= 0.6 is 0 Å². The first-order chi connectivity index (χ1) is 10.2. The SMILES string of the molecule is CCOC(CC)(CC)C(=O)Cc1cccc2ccccc12. The molecule has 0 fully saturated rings. The molecule has 0 saturated heterocycles. The predicted molar refractivity (Wildman–Crippen MR) is 87.6 cm³/mol. The van der Waals surface area contributed by atoms with Gasteiger partial charge in [0.1, 0.15) is 5.60 Å². The Bertz CT molecular complexity index is 606. The van der Waals surface area contributed by atoms with Gasteiger partial charge in [0.15, 0.2) is 5.78 Å². The van der Waals surface area contributed by atoms with Gasteiger partial charge >= 0.3 is 0 Å². The second-order valence-corrected chi connectivity index (χ2v) is 5.37. The fourth-order valence-electron chi connectivity index (χ4n) is 2.99. The first kappa shape index (κ1) is 15.7. The van der Waals surface area contributed by atoms with Crippen LogP contribution < -0.4 is 0 Å². The molecule has 0 heterocycles. The monoisotopic (exact) mass is 284 g/mol. The molecule has 0 N–H and O–H groups in total. The Kier molecular flexibility index (Phi) is 5.13. The quantitative estimate of drug-likeness (QED) is 0.745. The third-order valence-electron chi connectivity index (χ3n) is 4.30. The van der Waals surface area contributed by atoms with Crippen molar-refractivity contribution in [2.45, 2.75) is 45.6 Å². The molecule has 0 radical (unpaired) electrons. The van der Waals surface area contributed by atoms with Gasteiger partial charge in [0.25, 0.3) is 0 Å². The average Bonchev–Trinajstić information content (AvgIpc) is 2.53. The summed E-state index contributed by atoms with van der Waals surface area (Å²) in [7, 11) is 0. The van der Waals surface area contributed by atoms with E-state index in [1.54, 1.807) is 0 Å². The molecule has 21 heavy (non-hydrogen) atoms. The Labute approximate surface area is 127 Å². The molecule has 0 saturated carbocycles. The summed E-state index contributed by atoms with van der Waals surface area (Å²) in [5.41, 5.74) is 0.454. The molecule has 112 valence electrons. The van der Waals surface area contributed by atoms with Gasteiger partial charge in [-0.1, -0.05) is 56.3 Å². The van der Waals surface area contributed by atoms with E-state index in [2.05, 4.69) is 18.2 Å². The minimum atomic E-state index is -0.633. The molecular weight excluding hydrogens is 260 g/mol.